The fourth-order valence-electron chi connectivity index (χ4n) is 1.75. The molecule has 0 saturated heterocycles. The Bertz CT molecular complexity index is 388. The maximum atomic E-state index is 11.5. The van der Waals surface area contributed by atoms with E-state index in [1.54, 1.807) is 6.20 Å². The van der Waals surface area contributed by atoms with Gasteiger partial charge in [0.2, 0.25) is 0 Å². The van der Waals surface area contributed by atoms with Crippen LogP contribution < -0.4 is 5.73 Å². The number of hydrogen-bond donors (Lipinski definition) is 1. The van der Waals surface area contributed by atoms with Crippen molar-refractivity contribution in [2.45, 2.75) is 32.2 Å². The summed E-state index contributed by atoms with van der Waals surface area (Å²) in [5.74, 6) is -0.409. The van der Waals surface area contributed by atoms with Gasteiger partial charge in [0.1, 0.15) is 6.04 Å². The zero-order valence-corrected chi connectivity index (χ0v) is 10.2. The van der Waals surface area contributed by atoms with E-state index in [0.29, 0.717) is 0 Å². The first kappa shape index (κ1) is 12.6. The highest BCUT2D eigenvalue weighted by molar-refractivity contribution is 5.77. The summed E-state index contributed by atoms with van der Waals surface area (Å²) in [6, 6.07) is 3.08. The van der Waals surface area contributed by atoms with E-state index in [2.05, 4.69) is 9.72 Å². The lowest BCUT2D eigenvalue weighted by Crippen LogP contribution is -2.47. The molecule has 1 rings (SSSR count). The highest BCUT2D eigenvalue weighted by atomic mass is 16.5. The minimum Gasteiger partial charge on any atom is -0.468 e. The highest BCUT2D eigenvalue weighted by Crippen LogP contribution is 2.28. The maximum absolute atomic E-state index is 11.5. The lowest BCUT2D eigenvalue weighted by molar-refractivity contribution is -0.143. The van der Waals surface area contributed by atoms with Crippen molar-refractivity contribution in [2.75, 3.05) is 7.11 Å². The number of carbonyl (C=O) groups is 1. The number of methoxy groups -OCH3 is 1. The third-order valence-electron chi connectivity index (χ3n) is 2.93. The van der Waals surface area contributed by atoms with Crippen LogP contribution in [0.1, 0.15) is 25.1 Å². The molecule has 4 nitrogen and oxygen atoms in total. The molecule has 0 radical (unpaired) electrons. The smallest absolute Gasteiger partial charge is 0.323 e. The minimum atomic E-state index is -0.694. The Kier molecular flexibility index (Phi) is 3.65. The van der Waals surface area contributed by atoms with Crippen LogP contribution in [-0.2, 0) is 14.9 Å². The number of pyridine rings is 1. The van der Waals surface area contributed by atoms with Gasteiger partial charge in [0.25, 0.3) is 0 Å². The van der Waals surface area contributed by atoms with Crippen LogP contribution in [0.2, 0.25) is 0 Å². The monoisotopic (exact) mass is 222 g/mol. The fraction of sp³-hybridized carbons (Fsp3) is 0.500. The lowest BCUT2D eigenvalue weighted by atomic mass is 9.77. The normalized spacial score (nSPS) is 13.3. The molecule has 0 spiro atoms. The maximum Gasteiger partial charge on any atom is 0.323 e. The quantitative estimate of drug-likeness (QED) is 0.780. The molecule has 2 N–H and O–H groups in total. The van der Waals surface area contributed by atoms with E-state index in [0.717, 1.165) is 11.3 Å². The number of esters is 1. The molecule has 88 valence electrons. The Hall–Kier alpha value is -1.42. The van der Waals surface area contributed by atoms with E-state index in [1.165, 1.54) is 7.11 Å². The molecule has 0 aliphatic heterocycles. The van der Waals surface area contributed by atoms with Crippen LogP contribution in [0.3, 0.4) is 0 Å². The summed E-state index contributed by atoms with van der Waals surface area (Å²) in [5, 5.41) is 0. The van der Waals surface area contributed by atoms with E-state index < -0.39 is 17.4 Å². The molecular weight excluding hydrogens is 204 g/mol. The van der Waals surface area contributed by atoms with Crippen LogP contribution >= 0.6 is 0 Å². The molecule has 0 amide bonds. The molecule has 1 aromatic heterocycles. The van der Waals surface area contributed by atoms with Gasteiger partial charge in [0, 0.05) is 17.3 Å². The molecular formula is C12H18N2O2. The molecule has 4 heteroatoms. The van der Waals surface area contributed by atoms with Gasteiger partial charge in [-0.05, 0) is 18.6 Å². The van der Waals surface area contributed by atoms with Crippen LogP contribution in [0.5, 0.6) is 0 Å². The predicted octanol–water partition coefficient (Wildman–Crippen LogP) is 1.17. The van der Waals surface area contributed by atoms with Gasteiger partial charge in [0.05, 0.1) is 7.11 Å². The third kappa shape index (κ3) is 2.22. The predicted molar refractivity (Wildman–Crippen MR) is 62.0 cm³/mol. The van der Waals surface area contributed by atoms with Gasteiger partial charge in [-0.2, -0.15) is 0 Å². The Morgan fingerprint density at radius 3 is 2.69 bits per heavy atom. The topological polar surface area (TPSA) is 65.2 Å². The molecule has 0 aromatic carbocycles. The first-order valence-electron chi connectivity index (χ1n) is 5.16. The van der Waals surface area contributed by atoms with Crippen LogP contribution in [0.15, 0.2) is 18.3 Å². The third-order valence-corrected chi connectivity index (χ3v) is 2.93. The molecule has 0 aliphatic rings. The summed E-state index contributed by atoms with van der Waals surface area (Å²) >= 11 is 0. The van der Waals surface area contributed by atoms with Crippen molar-refractivity contribution >= 4 is 5.97 Å². The van der Waals surface area contributed by atoms with Gasteiger partial charge in [-0.15, -0.1) is 0 Å². The number of aryl methyl sites for hydroxylation is 1. The Balaban J connectivity index is 3.11. The second-order valence-electron chi connectivity index (χ2n) is 4.36. The molecule has 0 fully saturated rings. The van der Waals surface area contributed by atoms with E-state index in [1.807, 2.05) is 32.9 Å². The molecule has 0 aliphatic carbocycles. The molecule has 16 heavy (non-hydrogen) atoms. The number of nitrogens with zero attached hydrogens (tertiary/aromatic N) is 1. The largest absolute Gasteiger partial charge is 0.468 e. The summed E-state index contributed by atoms with van der Waals surface area (Å²) in [5.41, 5.74) is 7.26. The number of aromatic nitrogens is 1. The summed E-state index contributed by atoms with van der Waals surface area (Å²) in [6.45, 7) is 5.73. The van der Waals surface area contributed by atoms with Crippen LogP contribution in [0, 0.1) is 6.92 Å². The SMILES string of the molecule is COC(=O)C(N)C(C)(C)c1cccnc1C. The fourth-order valence-corrected chi connectivity index (χ4v) is 1.75. The minimum absolute atomic E-state index is 0.409. The van der Waals surface area contributed by atoms with Crippen LogP contribution in [0.25, 0.3) is 0 Å². The summed E-state index contributed by atoms with van der Waals surface area (Å²) < 4.78 is 4.68. The zero-order chi connectivity index (χ0) is 12.3. The molecule has 1 aromatic rings. The van der Waals surface area contributed by atoms with Crippen LogP contribution in [-0.4, -0.2) is 24.1 Å². The molecule has 0 saturated carbocycles. The van der Waals surface area contributed by atoms with Gasteiger partial charge in [-0.3, -0.25) is 9.78 Å². The van der Waals surface area contributed by atoms with Crippen molar-refractivity contribution in [3.63, 3.8) is 0 Å². The van der Waals surface area contributed by atoms with E-state index >= 15 is 0 Å². The van der Waals surface area contributed by atoms with Crippen molar-refractivity contribution in [2.24, 2.45) is 5.73 Å². The van der Waals surface area contributed by atoms with Crippen molar-refractivity contribution in [3.05, 3.63) is 29.6 Å². The molecule has 1 unspecified atom stereocenters. The molecule has 0 bridgehead atoms. The van der Waals surface area contributed by atoms with Gasteiger partial charge in [0.15, 0.2) is 0 Å². The summed E-state index contributed by atoms with van der Waals surface area (Å²) in [6.07, 6.45) is 1.72. The number of nitrogens with two attached hydrogens (primary N) is 1. The highest BCUT2D eigenvalue weighted by Gasteiger charge is 2.35. The summed E-state index contributed by atoms with van der Waals surface area (Å²) in [7, 11) is 1.34. The van der Waals surface area contributed by atoms with E-state index in [9.17, 15) is 4.79 Å². The Labute approximate surface area is 95.8 Å². The average Bonchev–Trinajstić information content (AvgIpc) is 2.27. The second kappa shape index (κ2) is 4.61. The lowest BCUT2D eigenvalue weighted by Gasteiger charge is -2.30. The van der Waals surface area contributed by atoms with Gasteiger partial charge >= 0.3 is 5.97 Å². The number of rotatable bonds is 3. The van der Waals surface area contributed by atoms with Gasteiger partial charge < -0.3 is 10.5 Å². The average molecular weight is 222 g/mol. The van der Waals surface area contributed by atoms with Gasteiger partial charge in [-0.25, -0.2) is 0 Å². The van der Waals surface area contributed by atoms with Gasteiger partial charge in [-0.1, -0.05) is 19.9 Å². The number of ether oxygens (including phenoxy) is 1. The molecule has 1 heterocycles. The van der Waals surface area contributed by atoms with Crippen molar-refractivity contribution in [3.8, 4) is 0 Å². The Morgan fingerprint density at radius 1 is 1.56 bits per heavy atom. The number of hydrogen-bond acceptors (Lipinski definition) is 4. The van der Waals surface area contributed by atoms with Crippen LogP contribution in [0.4, 0.5) is 0 Å². The van der Waals surface area contributed by atoms with Crippen molar-refractivity contribution in [1.82, 2.24) is 4.98 Å². The first-order chi connectivity index (χ1) is 7.41. The second-order valence-corrected chi connectivity index (χ2v) is 4.36. The molecule has 1 atom stereocenters. The Morgan fingerprint density at radius 2 is 2.19 bits per heavy atom. The summed E-state index contributed by atoms with van der Waals surface area (Å²) in [4.78, 5) is 15.7. The van der Waals surface area contributed by atoms with E-state index in [-0.39, 0.29) is 0 Å². The van der Waals surface area contributed by atoms with E-state index in [4.69, 9.17) is 5.73 Å². The van der Waals surface area contributed by atoms with Crippen molar-refractivity contribution < 1.29 is 9.53 Å². The standard InChI is InChI=1S/C12H18N2O2/c1-8-9(6-5-7-14-8)12(2,3)10(13)11(15)16-4/h5-7,10H,13H2,1-4H3. The van der Waals surface area contributed by atoms with Crippen molar-refractivity contribution in [1.29, 1.82) is 0 Å². The number of carbonyl (C=O) groups excluding carboxylic acids is 1. The zero-order valence-electron chi connectivity index (χ0n) is 10.2. The first-order valence-corrected chi connectivity index (χ1v) is 5.16.